The van der Waals surface area contributed by atoms with Crippen LogP contribution in [0.1, 0.15) is 29.6 Å². The number of carbonyl (C=O) groups excluding carboxylic acids is 1. The number of nitrogens with one attached hydrogen (secondary N) is 2. The van der Waals surface area contributed by atoms with Gasteiger partial charge in [-0.2, -0.15) is 9.40 Å². The highest BCUT2D eigenvalue weighted by atomic mass is 32.2. The Kier molecular flexibility index (Phi) is 5.58. The molecule has 10 nitrogen and oxygen atoms in total. The summed E-state index contributed by atoms with van der Waals surface area (Å²) in [6.45, 7) is 0.900. The van der Waals surface area contributed by atoms with Crippen LogP contribution >= 0.6 is 0 Å². The number of piperidine rings is 1. The van der Waals surface area contributed by atoms with E-state index in [9.17, 15) is 18.0 Å². The Morgan fingerprint density at radius 1 is 1.12 bits per heavy atom. The van der Waals surface area contributed by atoms with Gasteiger partial charge >= 0.3 is 0 Å². The SMILES string of the molecule is COc1ccc(NC(=O)c2cnn3c2[nH]c(=O)c2ccccc23)cc1S(=O)(=O)N1CCCCC1. The summed E-state index contributed by atoms with van der Waals surface area (Å²) >= 11 is 0. The normalized spacial score (nSPS) is 15.0. The summed E-state index contributed by atoms with van der Waals surface area (Å²) in [6, 6.07) is 11.4. The van der Waals surface area contributed by atoms with Crippen molar-refractivity contribution in [1.29, 1.82) is 0 Å². The molecule has 5 rings (SSSR count). The molecule has 0 radical (unpaired) electrons. The number of nitrogens with zero attached hydrogens (tertiary/aromatic N) is 3. The molecule has 0 aliphatic carbocycles. The van der Waals surface area contributed by atoms with Gasteiger partial charge in [0.05, 0.1) is 24.2 Å². The van der Waals surface area contributed by atoms with Crippen molar-refractivity contribution in [3.05, 3.63) is 64.6 Å². The average molecular weight is 482 g/mol. The van der Waals surface area contributed by atoms with E-state index >= 15 is 0 Å². The van der Waals surface area contributed by atoms with Crippen LogP contribution in [0.25, 0.3) is 16.6 Å². The van der Waals surface area contributed by atoms with Crippen molar-refractivity contribution in [3.8, 4) is 5.75 Å². The highest BCUT2D eigenvalue weighted by Gasteiger charge is 2.29. The minimum absolute atomic E-state index is 0.00559. The Labute approximate surface area is 195 Å². The summed E-state index contributed by atoms with van der Waals surface area (Å²) in [6.07, 6.45) is 3.97. The minimum atomic E-state index is -3.79. The van der Waals surface area contributed by atoms with Gasteiger partial charge in [-0.1, -0.05) is 18.6 Å². The molecule has 3 heterocycles. The van der Waals surface area contributed by atoms with E-state index in [1.165, 1.54) is 34.3 Å². The van der Waals surface area contributed by atoms with Crippen LogP contribution in [-0.2, 0) is 10.0 Å². The molecule has 34 heavy (non-hydrogen) atoms. The van der Waals surface area contributed by atoms with Gasteiger partial charge in [-0.15, -0.1) is 0 Å². The first-order chi connectivity index (χ1) is 16.4. The first-order valence-corrected chi connectivity index (χ1v) is 12.3. The van der Waals surface area contributed by atoms with E-state index in [0.717, 1.165) is 19.3 Å². The molecule has 2 aromatic carbocycles. The van der Waals surface area contributed by atoms with E-state index in [1.807, 2.05) is 0 Å². The van der Waals surface area contributed by atoms with E-state index in [-0.39, 0.29) is 33.1 Å². The van der Waals surface area contributed by atoms with Crippen molar-refractivity contribution in [2.24, 2.45) is 0 Å². The van der Waals surface area contributed by atoms with Gasteiger partial charge in [0.2, 0.25) is 10.0 Å². The quantitative estimate of drug-likeness (QED) is 0.451. The highest BCUT2D eigenvalue weighted by molar-refractivity contribution is 7.89. The zero-order valence-corrected chi connectivity index (χ0v) is 19.3. The van der Waals surface area contributed by atoms with E-state index in [4.69, 9.17) is 4.74 Å². The van der Waals surface area contributed by atoms with Crippen molar-refractivity contribution < 1.29 is 17.9 Å². The molecule has 2 N–H and O–H groups in total. The molecule has 1 saturated heterocycles. The topological polar surface area (TPSA) is 126 Å². The Balaban J connectivity index is 1.50. The molecule has 4 aromatic rings. The zero-order valence-electron chi connectivity index (χ0n) is 18.4. The average Bonchev–Trinajstić information content (AvgIpc) is 3.29. The van der Waals surface area contributed by atoms with Crippen molar-refractivity contribution in [1.82, 2.24) is 18.9 Å². The summed E-state index contributed by atoms with van der Waals surface area (Å²) in [5, 5.41) is 7.43. The number of amides is 1. The zero-order chi connectivity index (χ0) is 23.9. The number of rotatable bonds is 5. The number of aromatic amines is 1. The van der Waals surface area contributed by atoms with Crippen molar-refractivity contribution in [2.45, 2.75) is 24.2 Å². The largest absolute Gasteiger partial charge is 0.495 e. The molecule has 2 aromatic heterocycles. The number of aromatic nitrogens is 3. The molecule has 1 fully saturated rings. The molecule has 11 heteroatoms. The number of carbonyl (C=O) groups is 1. The lowest BCUT2D eigenvalue weighted by molar-refractivity contribution is 0.102. The van der Waals surface area contributed by atoms with Crippen LogP contribution in [-0.4, -0.2) is 53.4 Å². The Morgan fingerprint density at radius 2 is 1.88 bits per heavy atom. The van der Waals surface area contributed by atoms with Crippen LogP contribution in [0, 0.1) is 0 Å². The predicted molar refractivity (Wildman–Crippen MR) is 127 cm³/mol. The fourth-order valence-electron chi connectivity index (χ4n) is 4.24. The molecule has 1 amide bonds. The van der Waals surface area contributed by atoms with Gasteiger partial charge in [-0.3, -0.25) is 9.59 Å². The number of hydrogen-bond acceptors (Lipinski definition) is 6. The lowest BCUT2D eigenvalue weighted by atomic mass is 10.2. The second-order valence-corrected chi connectivity index (χ2v) is 9.98. The maximum Gasteiger partial charge on any atom is 0.261 e. The van der Waals surface area contributed by atoms with Crippen LogP contribution in [0.2, 0.25) is 0 Å². The predicted octanol–water partition coefficient (Wildman–Crippen LogP) is 2.61. The molecular weight excluding hydrogens is 458 g/mol. The van der Waals surface area contributed by atoms with Gasteiger partial charge in [-0.05, 0) is 43.2 Å². The molecule has 176 valence electrons. The van der Waals surface area contributed by atoms with Crippen LogP contribution in [0.4, 0.5) is 5.69 Å². The van der Waals surface area contributed by atoms with E-state index in [1.54, 1.807) is 30.3 Å². The second kappa shape index (κ2) is 8.58. The molecular formula is C23H23N5O5S. The van der Waals surface area contributed by atoms with E-state index in [2.05, 4.69) is 15.4 Å². The van der Waals surface area contributed by atoms with Crippen molar-refractivity contribution >= 4 is 38.2 Å². The molecule has 1 aliphatic heterocycles. The monoisotopic (exact) mass is 481 g/mol. The Morgan fingerprint density at radius 3 is 2.65 bits per heavy atom. The molecule has 0 saturated carbocycles. The number of para-hydroxylation sites is 1. The first-order valence-electron chi connectivity index (χ1n) is 10.9. The third-order valence-electron chi connectivity index (χ3n) is 5.98. The number of fused-ring (bicyclic) bond motifs is 3. The molecule has 0 atom stereocenters. The first kappa shape index (κ1) is 22.1. The highest BCUT2D eigenvalue weighted by Crippen LogP contribution is 2.31. The number of H-pyrrole nitrogens is 1. The third-order valence-corrected chi connectivity index (χ3v) is 7.90. The van der Waals surface area contributed by atoms with Gasteiger partial charge in [0.25, 0.3) is 11.5 Å². The van der Waals surface area contributed by atoms with Crippen LogP contribution in [0.3, 0.4) is 0 Å². The summed E-state index contributed by atoms with van der Waals surface area (Å²) in [4.78, 5) is 28.3. The fourth-order valence-corrected chi connectivity index (χ4v) is 5.94. The summed E-state index contributed by atoms with van der Waals surface area (Å²) < 4.78 is 34.7. The molecule has 0 bridgehead atoms. The summed E-state index contributed by atoms with van der Waals surface area (Å²) in [7, 11) is -2.38. The minimum Gasteiger partial charge on any atom is -0.495 e. The van der Waals surface area contributed by atoms with Gasteiger partial charge in [-0.25, -0.2) is 12.9 Å². The Bertz CT molecular complexity index is 1570. The second-order valence-electron chi connectivity index (χ2n) is 8.07. The maximum atomic E-state index is 13.3. The lowest BCUT2D eigenvalue weighted by Crippen LogP contribution is -2.35. The van der Waals surface area contributed by atoms with Crippen LogP contribution in [0.15, 0.2) is 58.4 Å². The number of benzene rings is 2. The number of methoxy groups -OCH3 is 1. The van der Waals surface area contributed by atoms with E-state index < -0.39 is 15.9 Å². The van der Waals surface area contributed by atoms with Crippen molar-refractivity contribution in [2.75, 3.05) is 25.5 Å². The van der Waals surface area contributed by atoms with Crippen LogP contribution < -0.4 is 15.6 Å². The summed E-state index contributed by atoms with van der Waals surface area (Å²) in [5.41, 5.74) is 0.913. The molecule has 0 unspecified atom stereocenters. The van der Waals surface area contributed by atoms with Gasteiger partial charge in [0, 0.05) is 18.8 Å². The Hall–Kier alpha value is -3.70. The standard InChI is InChI=1S/C23H23N5O5S/c1-33-19-10-9-15(13-20(19)34(31,32)27-11-5-2-6-12-27)25-23(30)17-14-24-28-18-8-4-3-7-16(18)22(29)26-21(17)28/h3-4,7-10,13-14H,2,5-6,11-12H2,1H3,(H,25,30)(H,26,29). The summed E-state index contributed by atoms with van der Waals surface area (Å²) in [5.74, 6) is -0.331. The maximum absolute atomic E-state index is 13.3. The van der Waals surface area contributed by atoms with Crippen LogP contribution in [0.5, 0.6) is 5.75 Å². The number of sulfonamides is 1. The number of hydrogen-bond donors (Lipinski definition) is 2. The fraction of sp³-hybridized carbons (Fsp3) is 0.261. The van der Waals surface area contributed by atoms with E-state index in [0.29, 0.717) is 24.0 Å². The van der Waals surface area contributed by atoms with Gasteiger partial charge in [0.15, 0.2) is 0 Å². The molecule has 0 spiro atoms. The molecule has 1 aliphatic rings. The smallest absolute Gasteiger partial charge is 0.261 e. The van der Waals surface area contributed by atoms with Gasteiger partial charge in [0.1, 0.15) is 21.9 Å². The van der Waals surface area contributed by atoms with Crippen molar-refractivity contribution in [3.63, 3.8) is 0 Å². The number of ether oxygens (including phenoxy) is 1. The lowest BCUT2D eigenvalue weighted by Gasteiger charge is -2.26. The third kappa shape index (κ3) is 3.72. The number of anilines is 1. The van der Waals surface area contributed by atoms with Gasteiger partial charge < -0.3 is 15.0 Å².